The molecule has 1 aromatic heterocycles. The standard InChI is InChI=1S/C33H40ClN5O/c1-24-7-12-30(34)19-29(24)23-39-14-13-35-32-31(39)20-28(21-36-32)26-8-10-27(11-9-26)33(40)38-17-15-37(16-18-38)22-25-5-3-2-4-6-25/h7-12,19-21,25H,2-6,13-18,22-23H2,1H3,(H,35,36). The Morgan fingerprint density at radius 2 is 1.73 bits per heavy atom. The SMILES string of the molecule is Cc1ccc(Cl)cc1CN1CCNc2ncc(-c3ccc(C(=O)N4CCN(CC5CCCCC5)CC4)cc3)cc21. The topological polar surface area (TPSA) is 51.7 Å². The van der Waals surface area contributed by atoms with Gasteiger partial charge < -0.3 is 15.1 Å². The second-order valence-electron chi connectivity index (χ2n) is 11.7. The number of nitrogens with one attached hydrogen (secondary N) is 1. The lowest BCUT2D eigenvalue weighted by molar-refractivity contribution is 0.0606. The largest absolute Gasteiger partial charge is 0.367 e. The number of halogens is 1. The van der Waals surface area contributed by atoms with Gasteiger partial charge in [-0.05, 0) is 72.7 Å². The van der Waals surface area contributed by atoms with Crippen LogP contribution < -0.4 is 10.2 Å². The van der Waals surface area contributed by atoms with Crippen LogP contribution in [0.2, 0.25) is 5.02 Å². The van der Waals surface area contributed by atoms with Crippen molar-refractivity contribution in [1.82, 2.24) is 14.8 Å². The van der Waals surface area contributed by atoms with Crippen molar-refractivity contribution in [1.29, 1.82) is 0 Å². The maximum atomic E-state index is 13.3. The molecular weight excluding hydrogens is 518 g/mol. The summed E-state index contributed by atoms with van der Waals surface area (Å²) in [6, 6.07) is 16.3. The molecule has 2 aliphatic heterocycles. The van der Waals surface area contributed by atoms with Crippen molar-refractivity contribution in [2.75, 3.05) is 56.0 Å². The zero-order valence-electron chi connectivity index (χ0n) is 23.5. The molecule has 3 aliphatic rings. The van der Waals surface area contributed by atoms with Crippen LogP contribution in [0.25, 0.3) is 11.1 Å². The van der Waals surface area contributed by atoms with Gasteiger partial charge in [0.15, 0.2) is 0 Å². The van der Waals surface area contributed by atoms with Crippen molar-refractivity contribution in [2.45, 2.75) is 45.6 Å². The Bertz CT molecular complexity index is 1330. The van der Waals surface area contributed by atoms with E-state index in [4.69, 9.17) is 16.6 Å². The second-order valence-corrected chi connectivity index (χ2v) is 12.1. The Balaban J connectivity index is 1.11. The summed E-state index contributed by atoms with van der Waals surface area (Å²) in [6.45, 7) is 9.47. The van der Waals surface area contributed by atoms with Crippen LogP contribution in [-0.2, 0) is 6.54 Å². The van der Waals surface area contributed by atoms with Gasteiger partial charge in [-0.3, -0.25) is 9.69 Å². The lowest BCUT2D eigenvalue weighted by atomic mass is 9.89. The number of hydrogen-bond acceptors (Lipinski definition) is 5. The third-order valence-electron chi connectivity index (χ3n) is 8.92. The number of carbonyl (C=O) groups excluding carboxylic acids is 1. The molecule has 6 nitrogen and oxygen atoms in total. The molecule has 1 N–H and O–H groups in total. The molecule has 2 fully saturated rings. The van der Waals surface area contributed by atoms with Crippen LogP contribution in [0.15, 0.2) is 54.7 Å². The van der Waals surface area contributed by atoms with Crippen molar-refractivity contribution in [3.05, 3.63) is 76.4 Å². The van der Waals surface area contributed by atoms with E-state index in [0.29, 0.717) is 0 Å². The zero-order chi connectivity index (χ0) is 27.5. The van der Waals surface area contributed by atoms with Crippen molar-refractivity contribution in [3.8, 4) is 11.1 Å². The van der Waals surface area contributed by atoms with Gasteiger partial charge in [0.25, 0.3) is 5.91 Å². The number of piperazine rings is 1. The van der Waals surface area contributed by atoms with Gasteiger partial charge in [0.2, 0.25) is 0 Å². The molecule has 0 bridgehead atoms. The fourth-order valence-corrected chi connectivity index (χ4v) is 6.65. The normalized spacial score (nSPS) is 18.4. The quantitative estimate of drug-likeness (QED) is 0.376. The monoisotopic (exact) mass is 557 g/mol. The van der Waals surface area contributed by atoms with Gasteiger partial charge in [-0.25, -0.2) is 4.98 Å². The molecule has 0 unspecified atom stereocenters. The first-order valence-corrected chi connectivity index (χ1v) is 15.3. The van der Waals surface area contributed by atoms with Crippen LogP contribution in [-0.4, -0.2) is 66.5 Å². The van der Waals surface area contributed by atoms with Crippen LogP contribution in [0.3, 0.4) is 0 Å². The van der Waals surface area contributed by atoms with Gasteiger partial charge in [0.05, 0.1) is 5.69 Å². The maximum absolute atomic E-state index is 13.3. The number of fused-ring (bicyclic) bond motifs is 1. The first-order valence-electron chi connectivity index (χ1n) is 14.9. The van der Waals surface area contributed by atoms with Gasteiger partial charge >= 0.3 is 0 Å². The third-order valence-corrected chi connectivity index (χ3v) is 9.16. The van der Waals surface area contributed by atoms with E-state index in [2.05, 4.69) is 52.4 Å². The van der Waals surface area contributed by atoms with Gasteiger partial charge in [-0.2, -0.15) is 0 Å². The van der Waals surface area contributed by atoms with E-state index in [1.807, 2.05) is 29.3 Å². The molecule has 3 heterocycles. The number of aryl methyl sites for hydroxylation is 1. The van der Waals surface area contributed by atoms with Crippen LogP contribution in [0.5, 0.6) is 0 Å². The number of carbonyl (C=O) groups is 1. The average molecular weight is 558 g/mol. The molecule has 40 heavy (non-hydrogen) atoms. The van der Waals surface area contributed by atoms with Gasteiger partial charge in [-0.15, -0.1) is 0 Å². The second kappa shape index (κ2) is 12.2. The van der Waals surface area contributed by atoms with Crippen LogP contribution >= 0.6 is 11.6 Å². The van der Waals surface area contributed by atoms with Crippen molar-refractivity contribution in [3.63, 3.8) is 0 Å². The minimum Gasteiger partial charge on any atom is -0.367 e. The van der Waals surface area contributed by atoms with Crippen molar-refractivity contribution >= 4 is 29.0 Å². The van der Waals surface area contributed by atoms with E-state index in [0.717, 1.165) is 84.9 Å². The summed E-state index contributed by atoms with van der Waals surface area (Å²) < 4.78 is 0. The Labute approximate surface area is 243 Å². The summed E-state index contributed by atoms with van der Waals surface area (Å²) in [6.07, 6.45) is 8.85. The molecule has 0 atom stereocenters. The highest BCUT2D eigenvalue weighted by Crippen LogP contribution is 2.33. The predicted octanol–water partition coefficient (Wildman–Crippen LogP) is 6.48. The minimum atomic E-state index is 0.139. The maximum Gasteiger partial charge on any atom is 0.253 e. The number of benzene rings is 2. The number of aromatic nitrogens is 1. The van der Waals surface area contributed by atoms with Crippen LogP contribution in [0.4, 0.5) is 11.5 Å². The summed E-state index contributed by atoms with van der Waals surface area (Å²) >= 11 is 6.29. The van der Waals surface area contributed by atoms with E-state index < -0.39 is 0 Å². The third kappa shape index (κ3) is 6.13. The summed E-state index contributed by atoms with van der Waals surface area (Å²) in [5.41, 5.74) is 6.42. The molecule has 2 aromatic carbocycles. The lowest BCUT2D eigenvalue weighted by Crippen LogP contribution is -2.49. The highest BCUT2D eigenvalue weighted by molar-refractivity contribution is 6.30. The van der Waals surface area contributed by atoms with Crippen molar-refractivity contribution in [2.24, 2.45) is 5.92 Å². The van der Waals surface area contributed by atoms with E-state index in [-0.39, 0.29) is 5.91 Å². The van der Waals surface area contributed by atoms with Crippen molar-refractivity contribution < 1.29 is 4.79 Å². The van der Waals surface area contributed by atoms with E-state index in [9.17, 15) is 4.79 Å². The van der Waals surface area contributed by atoms with Crippen LogP contribution in [0.1, 0.15) is 53.6 Å². The highest BCUT2D eigenvalue weighted by atomic mass is 35.5. The fraction of sp³-hybridized carbons (Fsp3) is 0.455. The number of hydrogen-bond donors (Lipinski definition) is 1. The zero-order valence-corrected chi connectivity index (χ0v) is 24.3. The number of nitrogens with zero attached hydrogens (tertiary/aromatic N) is 4. The molecule has 210 valence electrons. The van der Waals surface area contributed by atoms with Gasteiger partial charge in [0.1, 0.15) is 5.82 Å². The first-order chi connectivity index (χ1) is 19.5. The number of amides is 1. The smallest absolute Gasteiger partial charge is 0.253 e. The number of anilines is 2. The summed E-state index contributed by atoms with van der Waals surface area (Å²) in [5, 5.41) is 4.20. The summed E-state index contributed by atoms with van der Waals surface area (Å²) in [7, 11) is 0. The summed E-state index contributed by atoms with van der Waals surface area (Å²) in [4.78, 5) is 25.0. The van der Waals surface area contributed by atoms with Crippen LogP contribution in [0, 0.1) is 12.8 Å². The minimum absolute atomic E-state index is 0.139. The van der Waals surface area contributed by atoms with E-state index in [1.165, 1.54) is 49.8 Å². The molecule has 1 saturated heterocycles. The average Bonchev–Trinajstić information content (AvgIpc) is 3.00. The Hall–Kier alpha value is -3.09. The first kappa shape index (κ1) is 27.1. The molecule has 7 heteroatoms. The van der Waals surface area contributed by atoms with Gasteiger partial charge in [0, 0.05) is 74.7 Å². The molecule has 3 aromatic rings. The Kier molecular flexibility index (Phi) is 8.26. The molecule has 1 amide bonds. The molecule has 1 saturated carbocycles. The molecule has 1 aliphatic carbocycles. The van der Waals surface area contributed by atoms with E-state index >= 15 is 0 Å². The lowest BCUT2D eigenvalue weighted by Gasteiger charge is -2.37. The summed E-state index contributed by atoms with van der Waals surface area (Å²) in [5.74, 6) is 1.90. The highest BCUT2D eigenvalue weighted by Gasteiger charge is 2.25. The Morgan fingerprint density at radius 1 is 0.950 bits per heavy atom. The molecule has 6 rings (SSSR count). The number of pyridine rings is 1. The molecule has 0 radical (unpaired) electrons. The molecular formula is C33H40ClN5O. The fourth-order valence-electron chi connectivity index (χ4n) is 6.45. The predicted molar refractivity (Wildman–Crippen MR) is 164 cm³/mol. The Morgan fingerprint density at radius 3 is 2.50 bits per heavy atom. The van der Waals surface area contributed by atoms with Gasteiger partial charge in [-0.1, -0.05) is 49.1 Å². The number of rotatable bonds is 6. The molecule has 0 spiro atoms. The van der Waals surface area contributed by atoms with E-state index in [1.54, 1.807) is 0 Å².